The van der Waals surface area contributed by atoms with Gasteiger partial charge >= 0.3 is 6.09 Å². The van der Waals surface area contributed by atoms with Crippen molar-refractivity contribution in [1.29, 1.82) is 0 Å². The summed E-state index contributed by atoms with van der Waals surface area (Å²) < 4.78 is 20.2. The summed E-state index contributed by atoms with van der Waals surface area (Å²) in [6.07, 6.45) is -1.03. The third-order valence-corrected chi connectivity index (χ3v) is 6.56. The molecule has 1 aliphatic carbocycles. The van der Waals surface area contributed by atoms with Crippen LogP contribution in [0.5, 0.6) is 0 Å². The number of nitrogens with one attached hydrogen (secondary N) is 2. The Morgan fingerprint density at radius 3 is 2.48 bits per heavy atom. The van der Waals surface area contributed by atoms with Crippen LogP contribution in [0.25, 0.3) is 0 Å². The third kappa shape index (κ3) is 4.22. The molecule has 0 spiro atoms. The average Bonchev–Trinajstić information content (AvgIpc) is 3.13. The number of hydrogen-bond donors (Lipinski definition) is 2. The van der Waals surface area contributed by atoms with E-state index in [0.717, 1.165) is 0 Å². The van der Waals surface area contributed by atoms with Gasteiger partial charge in [0.05, 0.1) is 24.5 Å². The maximum absolute atomic E-state index is 15.0. The number of cyclic esters (lactones) is 1. The summed E-state index contributed by atoms with van der Waals surface area (Å²) >= 11 is 0. The van der Waals surface area contributed by atoms with Crippen molar-refractivity contribution < 1.29 is 23.5 Å². The zero-order valence-electron chi connectivity index (χ0n) is 18.2. The minimum atomic E-state index is -0.558. The van der Waals surface area contributed by atoms with Crippen molar-refractivity contribution in [1.82, 2.24) is 10.6 Å². The Kier molecular flexibility index (Phi) is 5.39. The average molecular weight is 452 g/mol. The molecular formula is C24H25FN4O4. The predicted octanol–water partition coefficient (Wildman–Crippen LogP) is 2.15. The monoisotopic (exact) mass is 452 g/mol. The number of ether oxygens (including phenoxy) is 1. The van der Waals surface area contributed by atoms with E-state index in [4.69, 9.17) is 4.74 Å². The van der Waals surface area contributed by atoms with Crippen molar-refractivity contribution >= 4 is 29.3 Å². The van der Waals surface area contributed by atoms with E-state index in [9.17, 15) is 18.8 Å². The van der Waals surface area contributed by atoms with Gasteiger partial charge in [-0.1, -0.05) is 18.2 Å². The highest BCUT2D eigenvalue weighted by Crippen LogP contribution is 2.47. The van der Waals surface area contributed by atoms with Crippen LogP contribution in [0.15, 0.2) is 48.5 Å². The fourth-order valence-electron chi connectivity index (χ4n) is 4.78. The SMILES string of the molecule is CC(=O)NC[C@H]1CN(c2ccc(N3CC4C(C3)C4NC(=O)c3ccccc3)c(F)c2)C(=O)O1. The number of piperidine rings is 1. The summed E-state index contributed by atoms with van der Waals surface area (Å²) in [6, 6.07) is 14.0. The minimum absolute atomic E-state index is 0.0774. The second kappa shape index (κ2) is 8.38. The molecule has 2 heterocycles. The van der Waals surface area contributed by atoms with Gasteiger partial charge in [-0.3, -0.25) is 14.5 Å². The summed E-state index contributed by atoms with van der Waals surface area (Å²) in [5, 5.41) is 5.71. The van der Waals surface area contributed by atoms with E-state index in [1.807, 2.05) is 23.1 Å². The fraction of sp³-hybridized carbons (Fsp3) is 0.375. The molecular weight excluding hydrogens is 427 g/mol. The van der Waals surface area contributed by atoms with E-state index in [2.05, 4.69) is 10.6 Å². The zero-order valence-corrected chi connectivity index (χ0v) is 18.2. The van der Waals surface area contributed by atoms with Crippen molar-refractivity contribution in [3.63, 3.8) is 0 Å². The number of halogens is 1. The van der Waals surface area contributed by atoms with Crippen molar-refractivity contribution in [2.75, 3.05) is 36.0 Å². The molecule has 2 aromatic rings. The third-order valence-electron chi connectivity index (χ3n) is 6.56. The molecule has 3 aliphatic rings. The van der Waals surface area contributed by atoms with Gasteiger partial charge in [-0.05, 0) is 30.3 Å². The molecule has 1 saturated carbocycles. The van der Waals surface area contributed by atoms with E-state index in [1.54, 1.807) is 24.3 Å². The van der Waals surface area contributed by atoms with Gasteiger partial charge in [0.15, 0.2) is 0 Å². The number of amides is 3. The van der Waals surface area contributed by atoms with Crippen molar-refractivity contribution in [2.24, 2.45) is 11.8 Å². The van der Waals surface area contributed by atoms with Crippen LogP contribution in [0.1, 0.15) is 17.3 Å². The van der Waals surface area contributed by atoms with Crippen LogP contribution in [0.3, 0.4) is 0 Å². The van der Waals surface area contributed by atoms with E-state index < -0.39 is 18.0 Å². The number of carbonyl (C=O) groups excluding carboxylic acids is 3. The summed E-state index contributed by atoms with van der Waals surface area (Å²) in [5.41, 5.74) is 1.55. The van der Waals surface area contributed by atoms with Crippen LogP contribution in [0.2, 0.25) is 0 Å². The molecule has 172 valence electrons. The standard InChI is InChI=1S/C24H25FN4O4/c1-14(30)26-10-17-11-29(24(32)33-17)16-7-8-21(20(25)9-16)28-12-18-19(13-28)22(18)27-23(31)15-5-3-2-4-6-15/h2-9,17-19,22H,10-13H2,1H3,(H,26,30)(H,27,31)/t17-,18?,19?,22?/m0/s1. The largest absolute Gasteiger partial charge is 0.442 e. The first-order valence-corrected chi connectivity index (χ1v) is 11.0. The maximum atomic E-state index is 15.0. The highest BCUT2D eigenvalue weighted by atomic mass is 19.1. The first kappa shape index (κ1) is 21.2. The van der Waals surface area contributed by atoms with E-state index in [1.165, 1.54) is 17.9 Å². The summed E-state index contributed by atoms with van der Waals surface area (Å²) in [4.78, 5) is 39.0. The van der Waals surface area contributed by atoms with E-state index in [0.29, 0.717) is 41.9 Å². The molecule has 0 aromatic heterocycles. The molecule has 3 atom stereocenters. The van der Waals surface area contributed by atoms with E-state index in [-0.39, 0.29) is 30.9 Å². The molecule has 2 aromatic carbocycles. The van der Waals surface area contributed by atoms with Crippen LogP contribution in [0, 0.1) is 17.7 Å². The summed E-state index contributed by atoms with van der Waals surface area (Å²) in [7, 11) is 0. The van der Waals surface area contributed by atoms with Gasteiger partial charge in [-0.2, -0.15) is 0 Å². The van der Waals surface area contributed by atoms with Crippen molar-refractivity contribution in [3.05, 3.63) is 59.9 Å². The molecule has 3 amide bonds. The molecule has 2 saturated heterocycles. The fourth-order valence-corrected chi connectivity index (χ4v) is 4.78. The molecule has 2 N–H and O–H groups in total. The van der Waals surface area contributed by atoms with Crippen molar-refractivity contribution in [2.45, 2.75) is 19.1 Å². The minimum Gasteiger partial charge on any atom is -0.442 e. The van der Waals surface area contributed by atoms with Crippen molar-refractivity contribution in [3.8, 4) is 0 Å². The molecule has 5 rings (SSSR count). The summed E-state index contributed by atoms with van der Waals surface area (Å²) in [5.74, 6) is -0.0757. The van der Waals surface area contributed by atoms with Gasteiger partial charge in [-0.25, -0.2) is 9.18 Å². The van der Waals surface area contributed by atoms with Gasteiger partial charge in [-0.15, -0.1) is 0 Å². The predicted molar refractivity (Wildman–Crippen MR) is 120 cm³/mol. The maximum Gasteiger partial charge on any atom is 0.414 e. The number of fused-ring (bicyclic) bond motifs is 1. The molecule has 9 heteroatoms. The Morgan fingerprint density at radius 1 is 1.09 bits per heavy atom. The number of nitrogens with zero attached hydrogens (tertiary/aromatic N) is 2. The quantitative estimate of drug-likeness (QED) is 0.701. The smallest absolute Gasteiger partial charge is 0.414 e. The lowest BCUT2D eigenvalue weighted by molar-refractivity contribution is -0.119. The Bertz CT molecular complexity index is 1080. The lowest BCUT2D eigenvalue weighted by Gasteiger charge is -2.24. The molecule has 8 nitrogen and oxygen atoms in total. The number of benzene rings is 2. The Hall–Kier alpha value is -3.62. The first-order chi connectivity index (χ1) is 15.9. The summed E-state index contributed by atoms with van der Waals surface area (Å²) in [6.45, 7) is 3.20. The molecule has 2 unspecified atom stereocenters. The van der Waals surface area contributed by atoms with Gasteiger partial charge in [0.1, 0.15) is 11.9 Å². The molecule has 2 aliphatic heterocycles. The Labute approximate surface area is 190 Å². The van der Waals surface area contributed by atoms with Gasteiger partial charge < -0.3 is 20.3 Å². The van der Waals surface area contributed by atoms with Gasteiger partial charge in [0.25, 0.3) is 5.91 Å². The second-order valence-electron chi connectivity index (χ2n) is 8.79. The number of rotatable bonds is 6. The first-order valence-electron chi connectivity index (χ1n) is 11.0. The zero-order chi connectivity index (χ0) is 23.1. The van der Waals surface area contributed by atoms with Crippen LogP contribution in [-0.2, 0) is 9.53 Å². The number of hydrogen-bond acceptors (Lipinski definition) is 5. The van der Waals surface area contributed by atoms with Crippen LogP contribution in [-0.4, -0.2) is 56.2 Å². The Morgan fingerprint density at radius 2 is 1.82 bits per heavy atom. The van der Waals surface area contributed by atoms with Crippen LogP contribution < -0.4 is 20.4 Å². The Balaban J connectivity index is 1.18. The lowest BCUT2D eigenvalue weighted by Crippen LogP contribution is -2.35. The number of anilines is 2. The van der Waals surface area contributed by atoms with Gasteiger partial charge in [0.2, 0.25) is 5.91 Å². The topological polar surface area (TPSA) is 91.0 Å². The molecule has 33 heavy (non-hydrogen) atoms. The van der Waals surface area contributed by atoms with E-state index >= 15 is 0 Å². The molecule has 0 radical (unpaired) electrons. The number of carbonyl (C=O) groups is 3. The molecule has 3 fully saturated rings. The second-order valence-corrected chi connectivity index (χ2v) is 8.79. The molecule has 0 bridgehead atoms. The van der Waals surface area contributed by atoms with Crippen LogP contribution >= 0.6 is 0 Å². The highest BCUT2D eigenvalue weighted by molar-refractivity contribution is 5.94. The normalized spacial score (nSPS) is 25.5. The van der Waals surface area contributed by atoms with Gasteiger partial charge in [0, 0.05) is 43.5 Å². The van der Waals surface area contributed by atoms with Crippen LogP contribution in [0.4, 0.5) is 20.6 Å². The highest BCUT2D eigenvalue weighted by Gasteiger charge is 2.56. The lowest BCUT2D eigenvalue weighted by atomic mass is 10.2.